The lowest BCUT2D eigenvalue weighted by Crippen LogP contribution is -2.11. The summed E-state index contributed by atoms with van der Waals surface area (Å²) in [7, 11) is 0. The molecule has 0 bridgehead atoms. The van der Waals surface area contributed by atoms with Crippen molar-refractivity contribution < 1.29 is 0 Å². The molecule has 1 aliphatic rings. The van der Waals surface area contributed by atoms with Crippen molar-refractivity contribution in [3.05, 3.63) is 156 Å². The van der Waals surface area contributed by atoms with Gasteiger partial charge in [-0.3, -0.25) is 0 Å². The van der Waals surface area contributed by atoms with E-state index in [-0.39, 0.29) is 0 Å². The molecule has 1 heteroatoms. The van der Waals surface area contributed by atoms with Gasteiger partial charge in [-0.05, 0) is 60.1 Å². The van der Waals surface area contributed by atoms with E-state index in [4.69, 9.17) is 0 Å². The molecule has 0 radical (unpaired) electrons. The summed E-state index contributed by atoms with van der Waals surface area (Å²) < 4.78 is 0. The number of hydrogen-bond donors (Lipinski definition) is 0. The molecule has 0 saturated carbocycles. The van der Waals surface area contributed by atoms with Gasteiger partial charge in [0.1, 0.15) is 0 Å². The fourth-order valence-corrected chi connectivity index (χ4v) is 4.74. The van der Waals surface area contributed by atoms with E-state index < -0.39 is 0 Å². The molecule has 4 aromatic carbocycles. The molecule has 0 atom stereocenters. The summed E-state index contributed by atoms with van der Waals surface area (Å²) in [5.41, 5.74) is 8.57. The van der Waals surface area contributed by atoms with Crippen molar-refractivity contribution in [2.75, 3.05) is 4.90 Å². The van der Waals surface area contributed by atoms with Gasteiger partial charge in [-0.25, -0.2) is 0 Å². The highest BCUT2D eigenvalue weighted by Gasteiger charge is 2.16. The van der Waals surface area contributed by atoms with Crippen molar-refractivity contribution in [3.63, 3.8) is 0 Å². The van der Waals surface area contributed by atoms with Crippen LogP contribution >= 0.6 is 0 Å². The molecule has 5 rings (SSSR count). The smallest absolute Gasteiger partial charge is 0.0534 e. The Labute approximate surface area is 214 Å². The van der Waals surface area contributed by atoms with Crippen LogP contribution in [0.25, 0.3) is 22.4 Å². The second kappa shape index (κ2) is 10.9. The van der Waals surface area contributed by atoms with E-state index in [0.29, 0.717) is 0 Å². The van der Waals surface area contributed by atoms with Gasteiger partial charge in [0.15, 0.2) is 0 Å². The molecule has 0 spiro atoms. The van der Waals surface area contributed by atoms with Gasteiger partial charge in [0, 0.05) is 22.8 Å². The summed E-state index contributed by atoms with van der Waals surface area (Å²) in [4.78, 5) is 2.35. The molecule has 0 aliphatic heterocycles. The van der Waals surface area contributed by atoms with Crippen LogP contribution < -0.4 is 4.90 Å². The van der Waals surface area contributed by atoms with Crippen molar-refractivity contribution in [1.82, 2.24) is 0 Å². The highest BCUT2D eigenvalue weighted by Crippen LogP contribution is 2.38. The van der Waals surface area contributed by atoms with Crippen LogP contribution in [0.3, 0.4) is 0 Å². The minimum absolute atomic E-state index is 1.03. The third-order valence-electron chi connectivity index (χ3n) is 6.62. The highest BCUT2D eigenvalue weighted by atomic mass is 15.1. The van der Waals surface area contributed by atoms with Crippen LogP contribution in [0, 0.1) is 6.92 Å². The zero-order chi connectivity index (χ0) is 24.7. The van der Waals surface area contributed by atoms with Crippen LogP contribution in [0.5, 0.6) is 0 Å². The Morgan fingerprint density at radius 2 is 1.58 bits per heavy atom. The third-order valence-corrected chi connectivity index (χ3v) is 6.62. The zero-order valence-electron chi connectivity index (χ0n) is 20.8. The molecule has 176 valence electrons. The fourth-order valence-electron chi connectivity index (χ4n) is 4.74. The molecule has 0 heterocycles. The Hall–Kier alpha value is -4.36. The van der Waals surface area contributed by atoms with E-state index in [0.717, 1.165) is 24.2 Å². The van der Waals surface area contributed by atoms with E-state index >= 15 is 0 Å². The normalized spacial score (nSPS) is 13.7. The Kier molecular flexibility index (Phi) is 7.10. The van der Waals surface area contributed by atoms with E-state index in [2.05, 4.69) is 140 Å². The Bertz CT molecular complexity index is 1480. The molecular formula is C35H31N. The van der Waals surface area contributed by atoms with E-state index in [1.165, 1.54) is 38.6 Å². The summed E-state index contributed by atoms with van der Waals surface area (Å²) >= 11 is 0. The second-order valence-corrected chi connectivity index (χ2v) is 9.09. The molecule has 0 N–H and O–H groups in total. The monoisotopic (exact) mass is 465 g/mol. The van der Waals surface area contributed by atoms with Gasteiger partial charge in [0.05, 0.1) is 5.69 Å². The zero-order valence-corrected chi connectivity index (χ0v) is 20.8. The van der Waals surface area contributed by atoms with Crippen molar-refractivity contribution in [1.29, 1.82) is 0 Å². The van der Waals surface area contributed by atoms with Gasteiger partial charge in [0.2, 0.25) is 0 Å². The largest absolute Gasteiger partial charge is 0.316 e. The first kappa shape index (κ1) is 23.4. The minimum Gasteiger partial charge on any atom is -0.316 e. The summed E-state index contributed by atoms with van der Waals surface area (Å²) in [6.07, 6.45) is 17.1. The van der Waals surface area contributed by atoms with E-state index in [1.807, 2.05) is 12.2 Å². The quantitative estimate of drug-likeness (QED) is 0.245. The van der Waals surface area contributed by atoms with Crippen LogP contribution in [0.15, 0.2) is 140 Å². The van der Waals surface area contributed by atoms with Gasteiger partial charge in [-0.1, -0.05) is 121 Å². The summed E-state index contributed by atoms with van der Waals surface area (Å²) in [6, 6.07) is 32.6. The number of allylic oxidation sites excluding steroid dienone is 7. The Morgan fingerprint density at radius 3 is 2.31 bits per heavy atom. The first-order chi connectivity index (χ1) is 17.7. The lowest BCUT2D eigenvalue weighted by Gasteiger charge is -2.26. The van der Waals surface area contributed by atoms with Crippen LogP contribution in [0.2, 0.25) is 0 Å². The summed E-state index contributed by atoms with van der Waals surface area (Å²) in [5, 5.41) is 2.44. The number of nitrogens with zero attached hydrogens (tertiary/aromatic N) is 1. The lowest BCUT2D eigenvalue weighted by molar-refractivity contribution is 0.994. The molecule has 4 aromatic rings. The SMILES string of the molecule is C=C/C=C/c1ccc(N(/C=C(/C2=CC=CCC2)c2ccccc2)c2ccc(C)cc2)c2ccccc12. The van der Waals surface area contributed by atoms with Crippen molar-refractivity contribution in [2.24, 2.45) is 0 Å². The van der Waals surface area contributed by atoms with Crippen LogP contribution in [-0.2, 0) is 0 Å². The third kappa shape index (κ3) is 5.01. The maximum atomic E-state index is 3.84. The molecule has 36 heavy (non-hydrogen) atoms. The lowest BCUT2D eigenvalue weighted by atomic mass is 9.92. The van der Waals surface area contributed by atoms with E-state index in [1.54, 1.807) is 0 Å². The number of rotatable bonds is 7. The molecule has 0 saturated heterocycles. The predicted octanol–water partition coefficient (Wildman–Crippen LogP) is 9.80. The standard InChI is InChI=1S/C35H31N/c1-3-4-13-30-22-25-35(33-19-12-11-18-32(30)33)36(31-23-20-27(2)21-24-31)26-34(28-14-7-5-8-15-28)29-16-9-6-10-17-29/h3-9,11-16,18-26H,1,10,17H2,2H3/b13-4+,34-26+. The number of fused-ring (bicyclic) bond motifs is 1. The maximum Gasteiger partial charge on any atom is 0.0534 e. The Morgan fingerprint density at radius 1 is 0.833 bits per heavy atom. The highest BCUT2D eigenvalue weighted by molar-refractivity contribution is 6.02. The minimum atomic E-state index is 1.03. The van der Waals surface area contributed by atoms with Crippen LogP contribution in [-0.4, -0.2) is 0 Å². The number of hydrogen-bond acceptors (Lipinski definition) is 1. The van der Waals surface area contributed by atoms with Crippen LogP contribution in [0.1, 0.15) is 29.5 Å². The summed E-state index contributed by atoms with van der Waals surface area (Å²) in [5.74, 6) is 0. The second-order valence-electron chi connectivity index (χ2n) is 9.09. The average molecular weight is 466 g/mol. The van der Waals surface area contributed by atoms with Gasteiger partial charge in [-0.15, -0.1) is 0 Å². The number of aryl methyl sites for hydroxylation is 1. The van der Waals surface area contributed by atoms with Gasteiger partial charge >= 0.3 is 0 Å². The molecule has 1 aliphatic carbocycles. The molecule has 0 fully saturated rings. The van der Waals surface area contributed by atoms with E-state index in [9.17, 15) is 0 Å². The first-order valence-electron chi connectivity index (χ1n) is 12.5. The maximum absolute atomic E-state index is 3.84. The molecular weight excluding hydrogens is 434 g/mol. The predicted molar refractivity (Wildman–Crippen MR) is 157 cm³/mol. The van der Waals surface area contributed by atoms with Crippen molar-refractivity contribution in [3.8, 4) is 0 Å². The van der Waals surface area contributed by atoms with Crippen molar-refractivity contribution in [2.45, 2.75) is 19.8 Å². The van der Waals surface area contributed by atoms with Crippen molar-refractivity contribution >= 4 is 33.8 Å². The molecule has 0 unspecified atom stereocenters. The topological polar surface area (TPSA) is 3.24 Å². The number of anilines is 2. The average Bonchev–Trinajstić information content (AvgIpc) is 2.94. The Balaban J connectivity index is 1.76. The van der Waals surface area contributed by atoms with Gasteiger partial charge in [0.25, 0.3) is 0 Å². The van der Waals surface area contributed by atoms with Gasteiger partial charge < -0.3 is 4.90 Å². The molecule has 0 amide bonds. The van der Waals surface area contributed by atoms with Gasteiger partial charge in [-0.2, -0.15) is 0 Å². The summed E-state index contributed by atoms with van der Waals surface area (Å²) in [6.45, 7) is 5.97. The first-order valence-corrected chi connectivity index (χ1v) is 12.5. The van der Waals surface area contributed by atoms with Crippen LogP contribution in [0.4, 0.5) is 11.4 Å². The number of benzene rings is 4. The molecule has 1 nitrogen and oxygen atoms in total. The molecule has 0 aromatic heterocycles. The fraction of sp³-hybridized carbons (Fsp3) is 0.0857.